The summed E-state index contributed by atoms with van der Waals surface area (Å²) in [4.78, 5) is 4.05. The van der Waals surface area contributed by atoms with Crippen LogP contribution in [0.5, 0.6) is 0 Å². The predicted molar refractivity (Wildman–Crippen MR) is 102 cm³/mol. The number of guanidine groups is 1. The normalized spacial score (nSPS) is 16.0. The smallest absolute Gasteiger partial charge is 0.213 e. The quantitative estimate of drug-likeness (QED) is 0.210. The lowest BCUT2D eigenvalue weighted by Crippen LogP contribution is -2.42. The summed E-state index contributed by atoms with van der Waals surface area (Å²) in [7, 11) is -1.50. The molecule has 3 N–H and O–H groups in total. The van der Waals surface area contributed by atoms with E-state index in [1.54, 1.807) is 18.8 Å². The highest BCUT2D eigenvalue weighted by molar-refractivity contribution is 14.0. The molecule has 6 nitrogen and oxygen atoms in total. The van der Waals surface area contributed by atoms with E-state index in [2.05, 4.69) is 20.3 Å². The molecular formula is C12H27IN4O2S2. The third-order valence-electron chi connectivity index (χ3n) is 3.30. The third-order valence-corrected chi connectivity index (χ3v) is 5.26. The van der Waals surface area contributed by atoms with E-state index < -0.39 is 10.0 Å². The summed E-state index contributed by atoms with van der Waals surface area (Å²) in [5, 5.41) is 6.14. The second kappa shape index (κ2) is 11.8. The van der Waals surface area contributed by atoms with E-state index in [1.807, 2.05) is 6.26 Å². The number of thioether (sulfide) groups is 1. The van der Waals surface area contributed by atoms with Crippen molar-refractivity contribution in [3.05, 3.63) is 0 Å². The average Bonchev–Trinajstić information content (AvgIpc) is 2.35. The van der Waals surface area contributed by atoms with Gasteiger partial charge in [-0.2, -0.15) is 11.8 Å². The monoisotopic (exact) mass is 450 g/mol. The number of aliphatic imine (C=N–C) groups is 1. The van der Waals surface area contributed by atoms with Crippen molar-refractivity contribution in [1.29, 1.82) is 0 Å². The second-order valence-corrected chi connectivity index (χ2v) is 7.79. The first-order valence-corrected chi connectivity index (χ1v) is 10.0. The Bertz CT molecular complexity index is 400. The minimum absolute atomic E-state index is 0. The second-order valence-electron chi connectivity index (χ2n) is 4.88. The maximum absolute atomic E-state index is 11.8. The molecule has 9 heteroatoms. The van der Waals surface area contributed by atoms with Crippen molar-refractivity contribution in [2.75, 3.05) is 44.4 Å². The first-order chi connectivity index (χ1) is 9.57. The number of nitrogens with zero attached hydrogens (tertiary/aromatic N) is 1. The van der Waals surface area contributed by atoms with Crippen LogP contribution in [0.3, 0.4) is 0 Å². The SMILES string of the molecule is CN=C(NCCSC)NCCS(=O)(=O)NCC1CCC1.I. The van der Waals surface area contributed by atoms with Gasteiger partial charge < -0.3 is 10.6 Å². The number of nitrogens with one attached hydrogen (secondary N) is 3. The van der Waals surface area contributed by atoms with E-state index in [1.165, 1.54) is 6.42 Å². The van der Waals surface area contributed by atoms with E-state index in [-0.39, 0.29) is 29.7 Å². The lowest BCUT2D eigenvalue weighted by Gasteiger charge is -2.25. The van der Waals surface area contributed by atoms with Crippen LogP contribution < -0.4 is 15.4 Å². The van der Waals surface area contributed by atoms with Crippen LogP contribution in [-0.4, -0.2) is 58.8 Å². The van der Waals surface area contributed by atoms with Gasteiger partial charge in [0.15, 0.2) is 5.96 Å². The van der Waals surface area contributed by atoms with Crippen LogP contribution in [0.1, 0.15) is 19.3 Å². The Morgan fingerprint density at radius 1 is 1.29 bits per heavy atom. The highest BCUT2D eigenvalue weighted by atomic mass is 127. The number of hydrogen-bond acceptors (Lipinski definition) is 4. The van der Waals surface area contributed by atoms with Gasteiger partial charge in [0, 0.05) is 32.4 Å². The summed E-state index contributed by atoms with van der Waals surface area (Å²) in [6, 6.07) is 0. The van der Waals surface area contributed by atoms with E-state index >= 15 is 0 Å². The molecule has 1 fully saturated rings. The van der Waals surface area contributed by atoms with Gasteiger partial charge in [-0.3, -0.25) is 4.99 Å². The molecule has 0 atom stereocenters. The fourth-order valence-electron chi connectivity index (χ4n) is 1.81. The van der Waals surface area contributed by atoms with Crippen molar-refractivity contribution in [3.63, 3.8) is 0 Å². The number of sulfonamides is 1. The maximum atomic E-state index is 11.8. The molecule has 1 aliphatic rings. The molecule has 21 heavy (non-hydrogen) atoms. The topological polar surface area (TPSA) is 82.6 Å². The first-order valence-electron chi connectivity index (χ1n) is 6.98. The highest BCUT2D eigenvalue weighted by Gasteiger charge is 2.19. The predicted octanol–water partition coefficient (Wildman–Crippen LogP) is 0.852. The van der Waals surface area contributed by atoms with Crippen LogP contribution >= 0.6 is 35.7 Å². The zero-order valence-electron chi connectivity index (χ0n) is 12.7. The lowest BCUT2D eigenvalue weighted by atomic mass is 9.86. The molecule has 1 saturated carbocycles. The molecule has 0 spiro atoms. The van der Waals surface area contributed by atoms with Crippen molar-refractivity contribution in [1.82, 2.24) is 15.4 Å². The number of halogens is 1. The van der Waals surface area contributed by atoms with Crippen molar-refractivity contribution in [2.24, 2.45) is 10.9 Å². The van der Waals surface area contributed by atoms with Crippen molar-refractivity contribution >= 4 is 51.7 Å². The summed E-state index contributed by atoms with van der Waals surface area (Å²) in [5.74, 6) is 2.25. The number of hydrogen-bond donors (Lipinski definition) is 3. The van der Waals surface area contributed by atoms with Crippen molar-refractivity contribution in [2.45, 2.75) is 19.3 Å². The molecule has 0 saturated heterocycles. The third kappa shape index (κ3) is 9.80. The molecule has 0 unspecified atom stereocenters. The molecule has 1 aliphatic carbocycles. The molecule has 0 aromatic rings. The molecule has 0 heterocycles. The van der Waals surface area contributed by atoms with E-state index in [0.29, 0.717) is 25.0 Å². The Kier molecular flexibility index (Phi) is 11.9. The molecule has 0 bridgehead atoms. The molecule has 0 aromatic heterocycles. The van der Waals surface area contributed by atoms with Gasteiger partial charge in [-0.05, 0) is 25.0 Å². The van der Waals surface area contributed by atoms with E-state index in [0.717, 1.165) is 25.1 Å². The van der Waals surface area contributed by atoms with Crippen LogP contribution in [0.25, 0.3) is 0 Å². The molecule has 1 rings (SSSR count). The van der Waals surface area contributed by atoms with Gasteiger partial charge in [-0.25, -0.2) is 13.1 Å². The fraction of sp³-hybridized carbons (Fsp3) is 0.917. The Morgan fingerprint density at radius 3 is 2.48 bits per heavy atom. The van der Waals surface area contributed by atoms with E-state index in [9.17, 15) is 8.42 Å². The Hall–Kier alpha value is 0.260. The summed E-state index contributed by atoms with van der Waals surface area (Å²) < 4.78 is 26.3. The first kappa shape index (κ1) is 21.3. The molecule has 0 aromatic carbocycles. The largest absolute Gasteiger partial charge is 0.356 e. The zero-order valence-corrected chi connectivity index (χ0v) is 16.7. The summed E-state index contributed by atoms with van der Waals surface area (Å²) in [6.07, 6.45) is 5.56. The summed E-state index contributed by atoms with van der Waals surface area (Å²) in [5.41, 5.74) is 0. The van der Waals surface area contributed by atoms with Crippen LogP contribution in [0, 0.1) is 5.92 Å². The lowest BCUT2D eigenvalue weighted by molar-refractivity contribution is 0.316. The Balaban J connectivity index is 0.00000400. The zero-order chi connectivity index (χ0) is 14.8. The Morgan fingerprint density at radius 2 is 1.95 bits per heavy atom. The van der Waals surface area contributed by atoms with Gasteiger partial charge in [-0.1, -0.05) is 6.42 Å². The summed E-state index contributed by atoms with van der Waals surface area (Å²) >= 11 is 1.75. The summed E-state index contributed by atoms with van der Waals surface area (Å²) in [6.45, 7) is 1.76. The van der Waals surface area contributed by atoms with Gasteiger partial charge in [-0.15, -0.1) is 24.0 Å². The average molecular weight is 450 g/mol. The standard InChI is InChI=1S/C12H26N4O2S2.HI/c1-13-12(14-6-8-19-2)15-7-9-20(17,18)16-10-11-4-3-5-11;/h11,16H,3-10H2,1-2H3,(H2,13,14,15);1H. The molecule has 0 radical (unpaired) electrons. The van der Waals surface area contributed by atoms with Crippen LogP contribution in [-0.2, 0) is 10.0 Å². The van der Waals surface area contributed by atoms with Crippen molar-refractivity contribution < 1.29 is 8.42 Å². The minimum Gasteiger partial charge on any atom is -0.356 e. The maximum Gasteiger partial charge on any atom is 0.213 e. The van der Waals surface area contributed by atoms with Crippen molar-refractivity contribution in [3.8, 4) is 0 Å². The van der Waals surface area contributed by atoms with Gasteiger partial charge >= 0.3 is 0 Å². The highest BCUT2D eigenvalue weighted by Crippen LogP contribution is 2.25. The fourth-order valence-corrected chi connectivity index (χ4v) is 3.12. The minimum atomic E-state index is -3.18. The molecule has 126 valence electrons. The van der Waals surface area contributed by atoms with Gasteiger partial charge in [0.2, 0.25) is 10.0 Å². The van der Waals surface area contributed by atoms with Crippen LogP contribution in [0.15, 0.2) is 4.99 Å². The van der Waals surface area contributed by atoms with Gasteiger partial charge in [0.1, 0.15) is 0 Å². The van der Waals surface area contributed by atoms with Gasteiger partial charge in [0.25, 0.3) is 0 Å². The van der Waals surface area contributed by atoms with Gasteiger partial charge in [0.05, 0.1) is 5.75 Å². The Labute approximate surface area is 149 Å². The molecule has 0 amide bonds. The van der Waals surface area contributed by atoms with E-state index in [4.69, 9.17) is 0 Å². The molecule has 0 aliphatic heterocycles. The number of rotatable bonds is 9. The van der Waals surface area contributed by atoms with Crippen LogP contribution in [0.4, 0.5) is 0 Å². The van der Waals surface area contributed by atoms with Crippen LogP contribution in [0.2, 0.25) is 0 Å². The molecular weight excluding hydrogens is 423 g/mol.